The van der Waals surface area contributed by atoms with Crippen LogP contribution in [-0.2, 0) is 4.79 Å². The number of ketones is 1. The molecule has 2 rings (SSSR count). The van der Waals surface area contributed by atoms with Crippen molar-refractivity contribution in [3.63, 3.8) is 0 Å². The van der Waals surface area contributed by atoms with E-state index in [0.717, 1.165) is 37.2 Å². The normalized spacial score (nSPS) is 19.8. The minimum atomic E-state index is 0.279. The number of pyridine rings is 1. The summed E-state index contributed by atoms with van der Waals surface area (Å²) >= 11 is 0. The molecule has 0 amide bonds. The fourth-order valence-corrected chi connectivity index (χ4v) is 2.12. The molecule has 1 aliphatic rings. The predicted molar refractivity (Wildman–Crippen MR) is 68.6 cm³/mol. The second-order valence-electron chi connectivity index (χ2n) is 4.41. The molecule has 1 aromatic heterocycles. The van der Waals surface area contributed by atoms with Gasteiger partial charge >= 0.3 is 0 Å². The molecule has 0 radical (unpaired) electrons. The molecule has 1 aromatic rings. The standard InChI is InChI=1S/C14H18N2O/c1-2-7-16-8-5-14(17)13(11-16)9-12-4-3-6-15-10-12/h3-4,6,9-10H,2,5,7-8,11H2,1H3/b13-9+. The zero-order valence-electron chi connectivity index (χ0n) is 10.2. The van der Waals surface area contributed by atoms with Crippen LogP contribution in [0.15, 0.2) is 30.1 Å². The Morgan fingerprint density at radius 3 is 3.12 bits per heavy atom. The van der Waals surface area contributed by atoms with E-state index in [4.69, 9.17) is 0 Å². The monoisotopic (exact) mass is 230 g/mol. The maximum atomic E-state index is 11.8. The summed E-state index contributed by atoms with van der Waals surface area (Å²) in [7, 11) is 0. The summed E-state index contributed by atoms with van der Waals surface area (Å²) < 4.78 is 0. The van der Waals surface area contributed by atoms with Crippen LogP contribution in [0.5, 0.6) is 0 Å². The van der Waals surface area contributed by atoms with E-state index in [1.54, 1.807) is 12.4 Å². The van der Waals surface area contributed by atoms with Crippen molar-refractivity contribution in [1.29, 1.82) is 0 Å². The highest BCUT2D eigenvalue weighted by atomic mass is 16.1. The third-order valence-electron chi connectivity index (χ3n) is 2.97. The van der Waals surface area contributed by atoms with Gasteiger partial charge in [0.1, 0.15) is 0 Å². The number of Topliss-reactive ketones (excluding diaryl/α,β-unsaturated/α-hetero) is 1. The van der Waals surface area contributed by atoms with Gasteiger partial charge in [-0.05, 0) is 30.7 Å². The predicted octanol–water partition coefficient (Wildman–Crippen LogP) is 2.15. The van der Waals surface area contributed by atoms with Crippen LogP contribution in [0.2, 0.25) is 0 Å². The highest BCUT2D eigenvalue weighted by Crippen LogP contribution is 2.15. The summed E-state index contributed by atoms with van der Waals surface area (Å²) in [5.41, 5.74) is 1.92. The third kappa shape index (κ3) is 3.24. The molecule has 1 saturated heterocycles. The first-order chi connectivity index (χ1) is 8.29. The van der Waals surface area contributed by atoms with Gasteiger partial charge in [0.25, 0.3) is 0 Å². The molecule has 0 aliphatic carbocycles. The lowest BCUT2D eigenvalue weighted by molar-refractivity contribution is -0.117. The number of rotatable bonds is 3. The molecule has 3 heteroatoms. The van der Waals surface area contributed by atoms with Crippen LogP contribution in [0, 0.1) is 0 Å². The average Bonchev–Trinajstić information content (AvgIpc) is 2.35. The van der Waals surface area contributed by atoms with Gasteiger partial charge in [-0.25, -0.2) is 0 Å². The summed E-state index contributed by atoms with van der Waals surface area (Å²) in [5, 5.41) is 0. The lowest BCUT2D eigenvalue weighted by Crippen LogP contribution is -2.36. The van der Waals surface area contributed by atoms with Gasteiger partial charge in [-0.3, -0.25) is 14.7 Å². The number of hydrogen-bond acceptors (Lipinski definition) is 3. The molecule has 1 fully saturated rings. The molecule has 0 unspecified atom stereocenters. The first-order valence-corrected chi connectivity index (χ1v) is 6.15. The summed E-state index contributed by atoms with van der Waals surface area (Å²) in [6, 6.07) is 3.87. The summed E-state index contributed by atoms with van der Waals surface area (Å²) in [6.07, 6.45) is 7.28. The van der Waals surface area contributed by atoms with Crippen LogP contribution in [0.25, 0.3) is 6.08 Å². The summed E-state index contributed by atoms with van der Waals surface area (Å²) in [4.78, 5) is 18.2. The molecule has 90 valence electrons. The van der Waals surface area contributed by atoms with Gasteiger partial charge in [0.15, 0.2) is 5.78 Å². The number of piperidine rings is 1. The molecular weight excluding hydrogens is 212 g/mol. The van der Waals surface area contributed by atoms with Gasteiger partial charge in [-0.1, -0.05) is 13.0 Å². The Bertz CT molecular complexity index is 411. The maximum Gasteiger partial charge on any atom is 0.161 e. The molecule has 3 nitrogen and oxygen atoms in total. The van der Waals surface area contributed by atoms with Crippen LogP contribution in [0.4, 0.5) is 0 Å². The topological polar surface area (TPSA) is 33.2 Å². The van der Waals surface area contributed by atoms with E-state index in [1.165, 1.54) is 0 Å². The zero-order valence-corrected chi connectivity index (χ0v) is 10.2. The minimum absolute atomic E-state index is 0.279. The minimum Gasteiger partial charge on any atom is -0.299 e. The first-order valence-electron chi connectivity index (χ1n) is 6.15. The van der Waals surface area contributed by atoms with E-state index in [9.17, 15) is 4.79 Å². The Kier molecular flexibility index (Phi) is 4.04. The van der Waals surface area contributed by atoms with E-state index in [1.807, 2.05) is 18.2 Å². The van der Waals surface area contributed by atoms with Crippen molar-refractivity contribution < 1.29 is 4.79 Å². The first kappa shape index (κ1) is 12.0. The van der Waals surface area contributed by atoms with Gasteiger partial charge in [-0.15, -0.1) is 0 Å². The molecule has 0 aromatic carbocycles. The van der Waals surface area contributed by atoms with E-state index in [2.05, 4.69) is 16.8 Å². The number of likely N-dealkylation sites (tertiary alicyclic amines) is 1. The number of nitrogens with zero attached hydrogens (tertiary/aromatic N) is 2. The van der Waals surface area contributed by atoms with Crippen LogP contribution in [-0.4, -0.2) is 35.3 Å². The third-order valence-corrected chi connectivity index (χ3v) is 2.97. The van der Waals surface area contributed by atoms with Gasteiger partial charge < -0.3 is 0 Å². The van der Waals surface area contributed by atoms with Crippen molar-refractivity contribution in [3.05, 3.63) is 35.7 Å². The highest BCUT2D eigenvalue weighted by Gasteiger charge is 2.20. The molecule has 0 spiro atoms. The van der Waals surface area contributed by atoms with E-state index in [0.29, 0.717) is 6.42 Å². The Labute approximate surface area is 102 Å². The fourth-order valence-electron chi connectivity index (χ4n) is 2.12. The van der Waals surface area contributed by atoms with Gasteiger partial charge in [0, 0.05) is 37.5 Å². The number of carbonyl (C=O) groups excluding carboxylic acids is 1. The Morgan fingerprint density at radius 2 is 2.41 bits per heavy atom. The van der Waals surface area contributed by atoms with Crippen molar-refractivity contribution in [2.24, 2.45) is 0 Å². The number of carbonyl (C=O) groups is 1. The molecular formula is C14H18N2O. The molecule has 2 heterocycles. The van der Waals surface area contributed by atoms with E-state index >= 15 is 0 Å². The van der Waals surface area contributed by atoms with Crippen LogP contribution >= 0.6 is 0 Å². The Morgan fingerprint density at radius 1 is 1.53 bits per heavy atom. The smallest absolute Gasteiger partial charge is 0.161 e. The SMILES string of the molecule is CCCN1CCC(=O)/C(=C/c2cccnc2)C1. The van der Waals surface area contributed by atoms with E-state index < -0.39 is 0 Å². The molecule has 0 saturated carbocycles. The largest absolute Gasteiger partial charge is 0.299 e. The Hall–Kier alpha value is -1.48. The quantitative estimate of drug-likeness (QED) is 0.746. The number of aromatic nitrogens is 1. The van der Waals surface area contributed by atoms with Crippen molar-refractivity contribution in [2.45, 2.75) is 19.8 Å². The summed E-state index contributed by atoms with van der Waals surface area (Å²) in [5.74, 6) is 0.279. The Balaban J connectivity index is 2.12. The van der Waals surface area contributed by atoms with E-state index in [-0.39, 0.29) is 5.78 Å². The molecule has 0 N–H and O–H groups in total. The lowest BCUT2D eigenvalue weighted by Gasteiger charge is -2.27. The molecule has 0 atom stereocenters. The van der Waals surface area contributed by atoms with Crippen LogP contribution in [0.1, 0.15) is 25.3 Å². The fraction of sp³-hybridized carbons (Fsp3) is 0.429. The van der Waals surface area contributed by atoms with Gasteiger partial charge in [0.05, 0.1) is 0 Å². The maximum absolute atomic E-state index is 11.8. The van der Waals surface area contributed by atoms with Gasteiger partial charge in [0.2, 0.25) is 0 Å². The van der Waals surface area contributed by atoms with Crippen molar-refractivity contribution in [2.75, 3.05) is 19.6 Å². The highest BCUT2D eigenvalue weighted by molar-refractivity contribution is 6.00. The van der Waals surface area contributed by atoms with Crippen molar-refractivity contribution in [3.8, 4) is 0 Å². The van der Waals surface area contributed by atoms with Crippen LogP contribution in [0.3, 0.4) is 0 Å². The number of hydrogen-bond donors (Lipinski definition) is 0. The molecule has 0 bridgehead atoms. The van der Waals surface area contributed by atoms with Crippen LogP contribution < -0.4 is 0 Å². The second kappa shape index (κ2) is 5.73. The van der Waals surface area contributed by atoms with Gasteiger partial charge in [-0.2, -0.15) is 0 Å². The van der Waals surface area contributed by atoms with Crippen molar-refractivity contribution in [1.82, 2.24) is 9.88 Å². The lowest BCUT2D eigenvalue weighted by atomic mass is 10.0. The molecule has 1 aliphatic heterocycles. The average molecular weight is 230 g/mol. The molecule has 17 heavy (non-hydrogen) atoms. The second-order valence-corrected chi connectivity index (χ2v) is 4.41. The summed E-state index contributed by atoms with van der Waals surface area (Å²) in [6.45, 7) is 4.91. The zero-order chi connectivity index (χ0) is 12.1. The van der Waals surface area contributed by atoms with Crippen molar-refractivity contribution >= 4 is 11.9 Å².